The van der Waals surface area contributed by atoms with Crippen LogP contribution in [-0.2, 0) is 4.79 Å². The molecule has 0 aromatic carbocycles. The lowest BCUT2D eigenvalue weighted by Gasteiger charge is -2.20. The summed E-state index contributed by atoms with van der Waals surface area (Å²) in [5.41, 5.74) is 5.43. The molecule has 1 heterocycles. The molecule has 0 radical (unpaired) electrons. The molecule has 0 saturated heterocycles. The number of nitrogens with one attached hydrogen (secondary N) is 3. The normalized spacial score (nSPS) is 15.9. The first kappa shape index (κ1) is 13.5. The van der Waals surface area contributed by atoms with Crippen LogP contribution in [0.1, 0.15) is 37.9 Å². The van der Waals surface area contributed by atoms with Crippen molar-refractivity contribution in [2.45, 2.75) is 39.0 Å². The fourth-order valence-corrected chi connectivity index (χ4v) is 2.23. The molecule has 1 saturated carbocycles. The van der Waals surface area contributed by atoms with Gasteiger partial charge in [-0.1, -0.05) is 19.3 Å². The fraction of sp³-hybridized carbons (Fsp3) is 0.667. The second-order valence-corrected chi connectivity index (χ2v) is 4.73. The van der Waals surface area contributed by atoms with Gasteiger partial charge in [-0.2, -0.15) is 15.0 Å². The Morgan fingerprint density at radius 2 is 1.79 bits per heavy atom. The molecule has 1 fully saturated rings. The Hall–Kier alpha value is -1.92. The molecule has 0 unspecified atom stereocenters. The minimum Gasteiger partial charge on any atom is -0.357 e. The maximum atomic E-state index is 12.0. The average Bonchev–Trinajstić information content (AvgIpc) is 2.45. The predicted octanol–water partition coefficient (Wildman–Crippen LogP) is 1.25. The molecule has 2 rings (SSSR count). The van der Waals surface area contributed by atoms with E-state index in [9.17, 15) is 4.79 Å². The Balaban J connectivity index is 1.90. The number of hydrogen-bond donors (Lipinski definition) is 3. The van der Waals surface area contributed by atoms with E-state index < -0.39 is 0 Å². The number of nitrogens with zero attached hydrogens (tertiary/aromatic N) is 3. The van der Waals surface area contributed by atoms with Gasteiger partial charge < -0.3 is 5.32 Å². The standard InChI is InChI=1S/C12H20N6O/c1-8-14-11(13-2)16-12(15-8)18-17-10(19)9-6-4-3-5-7-9/h9H,3-7H2,1-2H3,(H,17,19)(H2,13,14,15,16,18). The summed E-state index contributed by atoms with van der Waals surface area (Å²) in [5.74, 6) is 1.54. The third-order valence-electron chi connectivity index (χ3n) is 3.24. The van der Waals surface area contributed by atoms with Crippen LogP contribution < -0.4 is 16.2 Å². The minimum atomic E-state index is 0.0174. The van der Waals surface area contributed by atoms with Crippen molar-refractivity contribution in [3.63, 3.8) is 0 Å². The van der Waals surface area contributed by atoms with Crippen LogP contribution >= 0.6 is 0 Å². The van der Waals surface area contributed by atoms with Gasteiger partial charge in [-0.25, -0.2) is 0 Å². The van der Waals surface area contributed by atoms with Crippen molar-refractivity contribution >= 4 is 17.8 Å². The van der Waals surface area contributed by atoms with Crippen molar-refractivity contribution in [1.29, 1.82) is 0 Å². The highest BCUT2D eigenvalue weighted by molar-refractivity contribution is 5.79. The summed E-state index contributed by atoms with van der Waals surface area (Å²) in [6, 6.07) is 0. The summed E-state index contributed by atoms with van der Waals surface area (Å²) in [6.07, 6.45) is 5.42. The first-order valence-corrected chi connectivity index (χ1v) is 6.65. The molecule has 7 heteroatoms. The van der Waals surface area contributed by atoms with Crippen molar-refractivity contribution in [2.75, 3.05) is 17.8 Å². The Morgan fingerprint density at radius 3 is 2.47 bits per heavy atom. The number of aromatic nitrogens is 3. The Morgan fingerprint density at radius 1 is 1.11 bits per heavy atom. The second kappa shape index (κ2) is 6.31. The van der Waals surface area contributed by atoms with Crippen LogP contribution in [0.3, 0.4) is 0 Å². The third kappa shape index (κ3) is 3.77. The molecule has 19 heavy (non-hydrogen) atoms. The van der Waals surface area contributed by atoms with Crippen LogP contribution in [0.25, 0.3) is 0 Å². The van der Waals surface area contributed by atoms with Gasteiger partial charge in [-0.05, 0) is 19.8 Å². The van der Waals surface area contributed by atoms with E-state index in [1.54, 1.807) is 14.0 Å². The molecule has 0 bridgehead atoms. The summed E-state index contributed by atoms with van der Waals surface area (Å²) in [5, 5.41) is 2.84. The number of carbonyl (C=O) groups excluding carboxylic acids is 1. The SMILES string of the molecule is CNc1nc(C)nc(NNC(=O)C2CCCCC2)n1. The van der Waals surface area contributed by atoms with Gasteiger partial charge in [0.25, 0.3) is 0 Å². The Kier molecular flexibility index (Phi) is 4.48. The quantitative estimate of drug-likeness (QED) is 0.709. The van der Waals surface area contributed by atoms with E-state index in [-0.39, 0.29) is 11.8 Å². The van der Waals surface area contributed by atoms with Crippen molar-refractivity contribution < 1.29 is 4.79 Å². The van der Waals surface area contributed by atoms with Gasteiger partial charge in [0, 0.05) is 13.0 Å². The first-order valence-electron chi connectivity index (χ1n) is 6.65. The molecule has 1 amide bonds. The van der Waals surface area contributed by atoms with Gasteiger partial charge >= 0.3 is 0 Å². The van der Waals surface area contributed by atoms with E-state index in [0.717, 1.165) is 25.7 Å². The largest absolute Gasteiger partial charge is 0.357 e. The molecule has 1 aliphatic rings. The second-order valence-electron chi connectivity index (χ2n) is 4.73. The maximum absolute atomic E-state index is 12.0. The van der Waals surface area contributed by atoms with Crippen LogP contribution in [0, 0.1) is 12.8 Å². The summed E-state index contributed by atoms with van der Waals surface area (Å²) < 4.78 is 0. The highest BCUT2D eigenvalue weighted by Gasteiger charge is 2.20. The summed E-state index contributed by atoms with van der Waals surface area (Å²) in [4.78, 5) is 24.3. The van der Waals surface area contributed by atoms with E-state index in [1.165, 1.54) is 6.42 Å². The van der Waals surface area contributed by atoms with Crippen LogP contribution in [0.15, 0.2) is 0 Å². The van der Waals surface area contributed by atoms with Gasteiger partial charge in [-0.3, -0.25) is 15.6 Å². The highest BCUT2D eigenvalue weighted by atomic mass is 16.2. The molecule has 1 aromatic heterocycles. The highest BCUT2D eigenvalue weighted by Crippen LogP contribution is 2.23. The first-order chi connectivity index (χ1) is 9.19. The molecule has 1 aromatic rings. The van der Waals surface area contributed by atoms with E-state index in [2.05, 4.69) is 31.1 Å². The number of rotatable bonds is 4. The zero-order valence-electron chi connectivity index (χ0n) is 11.4. The van der Waals surface area contributed by atoms with Gasteiger partial charge in [0.05, 0.1) is 0 Å². The number of hydrogen-bond acceptors (Lipinski definition) is 6. The smallest absolute Gasteiger partial charge is 0.246 e. The number of anilines is 2. The number of hydrazine groups is 1. The lowest BCUT2D eigenvalue weighted by molar-refractivity contribution is -0.125. The molecule has 3 N–H and O–H groups in total. The van der Waals surface area contributed by atoms with Crippen LogP contribution in [0.2, 0.25) is 0 Å². The molecule has 0 atom stereocenters. The average molecular weight is 264 g/mol. The van der Waals surface area contributed by atoms with Crippen molar-refractivity contribution in [3.05, 3.63) is 5.82 Å². The Labute approximate surface area is 112 Å². The zero-order chi connectivity index (χ0) is 13.7. The maximum Gasteiger partial charge on any atom is 0.246 e. The van der Waals surface area contributed by atoms with Crippen LogP contribution in [0.4, 0.5) is 11.9 Å². The van der Waals surface area contributed by atoms with Crippen LogP contribution in [-0.4, -0.2) is 27.9 Å². The molecular weight excluding hydrogens is 244 g/mol. The van der Waals surface area contributed by atoms with Crippen molar-refractivity contribution in [2.24, 2.45) is 5.92 Å². The van der Waals surface area contributed by atoms with E-state index in [0.29, 0.717) is 17.7 Å². The minimum absolute atomic E-state index is 0.0174. The Bertz CT molecular complexity index is 444. The van der Waals surface area contributed by atoms with Gasteiger partial charge in [0.1, 0.15) is 5.82 Å². The zero-order valence-corrected chi connectivity index (χ0v) is 11.4. The molecule has 1 aliphatic carbocycles. The summed E-state index contributed by atoms with van der Waals surface area (Å²) in [7, 11) is 1.74. The number of aryl methyl sites for hydroxylation is 1. The van der Waals surface area contributed by atoms with Crippen LogP contribution in [0.5, 0.6) is 0 Å². The monoisotopic (exact) mass is 264 g/mol. The van der Waals surface area contributed by atoms with E-state index in [4.69, 9.17) is 0 Å². The molecule has 104 valence electrons. The molecule has 7 nitrogen and oxygen atoms in total. The van der Waals surface area contributed by atoms with Crippen molar-refractivity contribution in [1.82, 2.24) is 20.4 Å². The van der Waals surface area contributed by atoms with E-state index in [1.807, 2.05) is 0 Å². The van der Waals surface area contributed by atoms with Gasteiger partial charge in [-0.15, -0.1) is 0 Å². The van der Waals surface area contributed by atoms with Gasteiger partial charge in [0.2, 0.25) is 17.8 Å². The molecule has 0 aliphatic heterocycles. The lowest BCUT2D eigenvalue weighted by Crippen LogP contribution is -2.36. The fourth-order valence-electron chi connectivity index (χ4n) is 2.23. The third-order valence-corrected chi connectivity index (χ3v) is 3.24. The van der Waals surface area contributed by atoms with E-state index >= 15 is 0 Å². The predicted molar refractivity (Wildman–Crippen MR) is 72.5 cm³/mol. The molecule has 0 spiro atoms. The topological polar surface area (TPSA) is 91.8 Å². The molecular formula is C12H20N6O. The lowest BCUT2D eigenvalue weighted by atomic mass is 9.89. The number of amides is 1. The van der Waals surface area contributed by atoms with Gasteiger partial charge in [0.15, 0.2) is 0 Å². The summed E-state index contributed by atoms with van der Waals surface area (Å²) in [6.45, 7) is 1.77. The summed E-state index contributed by atoms with van der Waals surface area (Å²) >= 11 is 0. The number of carbonyl (C=O) groups is 1. The van der Waals surface area contributed by atoms with Crippen molar-refractivity contribution in [3.8, 4) is 0 Å².